The van der Waals surface area contributed by atoms with E-state index in [1.54, 1.807) is 11.8 Å². The maximum atomic E-state index is 5.56. The highest BCUT2D eigenvalue weighted by Gasteiger charge is 2.10. The molecule has 1 N–H and O–H groups in total. The zero-order valence-corrected chi connectivity index (χ0v) is 7.25. The van der Waals surface area contributed by atoms with E-state index in [0.717, 1.165) is 5.75 Å². The highest BCUT2D eigenvalue weighted by Crippen LogP contribution is 2.20. The number of hydrogen-bond acceptors (Lipinski definition) is 3. The van der Waals surface area contributed by atoms with E-state index in [0.29, 0.717) is 0 Å². The van der Waals surface area contributed by atoms with Gasteiger partial charge in [0.15, 0.2) is 0 Å². The van der Waals surface area contributed by atoms with Crippen LogP contribution in [-0.4, -0.2) is 5.56 Å². The topological polar surface area (TPSA) is 21.3 Å². The molecular formula is C9H9NOS. The Morgan fingerprint density at radius 2 is 2.08 bits per heavy atom. The minimum absolute atomic E-state index is 0.0346. The smallest absolute Gasteiger partial charge is 0.222 e. The van der Waals surface area contributed by atoms with Crippen molar-refractivity contribution in [2.45, 2.75) is 5.56 Å². The molecule has 3 heteroatoms. The van der Waals surface area contributed by atoms with Gasteiger partial charge in [0.1, 0.15) is 5.75 Å². The van der Waals surface area contributed by atoms with Gasteiger partial charge in [0.2, 0.25) is 5.56 Å². The summed E-state index contributed by atoms with van der Waals surface area (Å²) in [7, 11) is 0. The maximum absolute atomic E-state index is 5.56. The monoisotopic (exact) mass is 179 g/mol. The summed E-state index contributed by atoms with van der Waals surface area (Å²) in [5, 5.41) is 5.05. The SMILES string of the molecule is C1=CSC(Oc2ccccc2)N1. The van der Waals surface area contributed by atoms with Gasteiger partial charge >= 0.3 is 0 Å². The Morgan fingerprint density at radius 1 is 1.25 bits per heavy atom. The van der Waals surface area contributed by atoms with E-state index in [4.69, 9.17) is 4.74 Å². The first-order valence-electron chi connectivity index (χ1n) is 3.73. The van der Waals surface area contributed by atoms with Gasteiger partial charge in [-0.3, -0.25) is 0 Å². The molecule has 1 aromatic carbocycles. The third-order valence-electron chi connectivity index (χ3n) is 1.49. The first kappa shape index (κ1) is 7.55. The number of para-hydroxylation sites is 1. The summed E-state index contributed by atoms with van der Waals surface area (Å²) in [6, 6.07) is 9.78. The molecule has 0 bridgehead atoms. The molecule has 1 atom stereocenters. The predicted molar refractivity (Wildman–Crippen MR) is 50.7 cm³/mol. The standard InChI is InChI=1S/C9H9NOS/c1-2-4-8(5-3-1)11-9-10-6-7-12-9/h1-7,9-10H. The van der Waals surface area contributed by atoms with Crippen molar-refractivity contribution >= 4 is 11.8 Å². The van der Waals surface area contributed by atoms with Crippen LogP contribution in [0.1, 0.15) is 0 Å². The number of thioether (sulfide) groups is 1. The molecule has 0 saturated carbocycles. The van der Waals surface area contributed by atoms with Gasteiger partial charge in [0.05, 0.1) is 0 Å². The minimum atomic E-state index is 0.0346. The lowest BCUT2D eigenvalue weighted by atomic mass is 10.3. The van der Waals surface area contributed by atoms with Gasteiger partial charge in [-0.15, -0.1) is 0 Å². The van der Waals surface area contributed by atoms with Crippen LogP contribution in [0.2, 0.25) is 0 Å². The van der Waals surface area contributed by atoms with Crippen molar-refractivity contribution in [3.63, 3.8) is 0 Å². The molecule has 1 heterocycles. The van der Waals surface area contributed by atoms with Gasteiger partial charge in [0, 0.05) is 6.20 Å². The summed E-state index contributed by atoms with van der Waals surface area (Å²) >= 11 is 1.62. The zero-order chi connectivity index (χ0) is 8.23. The third kappa shape index (κ3) is 1.74. The molecule has 0 aromatic heterocycles. The predicted octanol–water partition coefficient (Wildman–Crippen LogP) is 2.16. The Kier molecular flexibility index (Phi) is 2.23. The summed E-state index contributed by atoms with van der Waals surface area (Å²) in [6.07, 6.45) is 1.89. The van der Waals surface area contributed by atoms with Crippen LogP contribution in [0, 0.1) is 0 Å². The van der Waals surface area contributed by atoms with Crippen LogP contribution in [0.15, 0.2) is 41.9 Å². The summed E-state index contributed by atoms with van der Waals surface area (Å²) in [4.78, 5) is 0. The first-order chi connectivity index (χ1) is 5.95. The summed E-state index contributed by atoms with van der Waals surface area (Å²) < 4.78 is 5.56. The van der Waals surface area contributed by atoms with E-state index in [1.165, 1.54) is 0 Å². The molecule has 0 saturated heterocycles. The van der Waals surface area contributed by atoms with Crippen molar-refractivity contribution in [1.29, 1.82) is 0 Å². The average Bonchev–Trinajstić information content (AvgIpc) is 2.59. The highest BCUT2D eigenvalue weighted by molar-refractivity contribution is 8.02. The minimum Gasteiger partial charge on any atom is -0.461 e. The van der Waals surface area contributed by atoms with Gasteiger partial charge in [-0.2, -0.15) is 0 Å². The van der Waals surface area contributed by atoms with Crippen LogP contribution in [0.5, 0.6) is 5.75 Å². The van der Waals surface area contributed by atoms with Crippen LogP contribution in [-0.2, 0) is 0 Å². The van der Waals surface area contributed by atoms with Crippen molar-refractivity contribution in [3.05, 3.63) is 41.9 Å². The molecule has 1 unspecified atom stereocenters. The van der Waals surface area contributed by atoms with Gasteiger partial charge in [-0.1, -0.05) is 30.0 Å². The Bertz CT molecular complexity index is 265. The summed E-state index contributed by atoms with van der Waals surface area (Å²) in [6.45, 7) is 0. The van der Waals surface area contributed by atoms with E-state index in [9.17, 15) is 0 Å². The molecule has 1 aromatic rings. The second-order valence-corrected chi connectivity index (χ2v) is 3.34. The Balaban J connectivity index is 1.95. The third-order valence-corrected chi connectivity index (χ3v) is 2.26. The molecule has 62 valence electrons. The van der Waals surface area contributed by atoms with Crippen LogP contribution in [0.25, 0.3) is 0 Å². The van der Waals surface area contributed by atoms with Gasteiger partial charge in [0.25, 0.3) is 0 Å². The fraction of sp³-hybridized carbons (Fsp3) is 0.111. The summed E-state index contributed by atoms with van der Waals surface area (Å²) in [5.74, 6) is 0.895. The fourth-order valence-electron chi connectivity index (χ4n) is 0.952. The van der Waals surface area contributed by atoms with Crippen LogP contribution in [0.4, 0.5) is 0 Å². The van der Waals surface area contributed by atoms with E-state index >= 15 is 0 Å². The highest BCUT2D eigenvalue weighted by atomic mass is 32.2. The zero-order valence-electron chi connectivity index (χ0n) is 6.44. The van der Waals surface area contributed by atoms with Crippen molar-refractivity contribution in [2.24, 2.45) is 0 Å². The van der Waals surface area contributed by atoms with Gasteiger partial charge in [-0.05, 0) is 17.5 Å². The number of hydrogen-bond donors (Lipinski definition) is 1. The lowest BCUT2D eigenvalue weighted by Crippen LogP contribution is -2.22. The molecule has 1 aliphatic heterocycles. The Morgan fingerprint density at radius 3 is 2.75 bits per heavy atom. The molecule has 0 amide bonds. The average molecular weight is 179 g/mol. The van der Waals surface area contributed by atoms with Crippen LogP contribution >= 0.6 is 11.8 Å². The first-order valence-corrected chi connectivity index (χ1v) is 4.68. The fourth-order valence-corrected chi connectivity index (χ4v) is 1.58. The maximum Gasteiger partial charge on any atom is 0.222 e. The lowest BCUT2D eigenvalue weighted by Gasteiger charge is -2.12. The summed E-state index contributed by atoms with van der Waals surface area (Å²) in [5.41, 5.74) is 0.0346. The Hall–Kier alpha value is -1.09. The van der Waals surface area contributed by atoms with Crippen molar-refractivity contribution in [1.82, 2.24) is 5.32 Å². The van der Waals surface area contributed by atoms with Crippen molar-refractivity contribution < 1.29 is 4.74 Å². The van der Waals surface area contributed by atoms with Crippen molar-refractivity contribution in [2.75, 3.05) is 0 Å². The molecule has 0 spiro atoms. The quantitative estimate of drug-likeness (QED) is 0.751. The van der Waals surface area contributed by atoms with Crippen LogP contribution in [0.3, 0.4) is 0 Å². The van der Waals surface area contributed by atoms with Crippen LogP contribution < -0.4 is 10.1 Å². The second-order valence-electron chi connectivity index (χ2n) is 2.37. The molecule has 12 heavy (non-hydrogen) atoms. The molecule has 2 nitrogen and oxygen atoms in total. The number of nitrogens with one attached hydrogen (secondary N) is 1. The Labute approximate surface area is 75.6 Å². The van der Waals surface area contributed by atoms with E-state index < -0.39 is 0 Å². The van der Waals surface area contributed by atoms with Crippen molar-refractivity contribution in [3.8, 4) is 5.75 Å². The molecule has 0 aliphatic carbocycles. The van der Waals surface area contributed by atoms with Gasteiger partial charge in [-0.25, -0.2) is 0 Å². The number of ether oxygens (including phenoxy) is 1. The number of benzene rings is 1. The molecule has 1 aliphatic rings. The molecule has 0 radical (unpaired) electrons. The molecule has 2 rings (SSSR count). The van der Waals surface area contributed by atoms with E-state index in [1.807, 2.05) is 41.9 Å². The number of rotatable bonds is 2. The van der Waals surface area contributed by atoms with E-state index in [-0.39, 0.29) is 5.56 Å². The lowest BCUT2D eigenvalue weighted by molar-refractivity contribution is 0.272. The second kappa shape index (κ2) is 3.54. The molecular weight excluding hydrogens is 170 g/mol. The largest absolute Gasteiger partial charge is 0.461 e. The van der Waals surface area contributed by atoms with Gasteiger partial charge < -0.3 is 10.1 Å². The molecule has 0 fully saturated rings. The van der Waals surface area contributed by atoms with E-state index in [2.05, 4.69) is 5.32 Å². The normalized spacial score (nSPS) is 20.5.